The molecular weight excluding hydrogens is 436 g/mol. The Kier molecular flexibility index (Phi) is 5.72. The van der Waals surface area contributed by atoms with E-state index < -0.39 is 4.92 Å². The van der Waals surface area contributed by atoms with Crippen LogP contribution in [0.3, 0.4) is 0 Å². The maximum atomic E-state index is 11.6. The molecular formula is C24H24N6O4. The summed E-state index contributed by atoms with van der Waals surface area (Å²) in [4.78, 5) is 19.9. The fraction of sp³-hybridized carbons (Fsp3) is 0.250. The fourth-order valence-corrected chi connectivity index (χ4v) is 4.21. The smallest absolute Gasteiger partial charge is 0.296 e. The van der Waals surface area contributed by atoms with E-state index >= 15 is 0 Å². The van der Waals surface area contributed by atoms with Crippen LogP contribution in [0.1, 0.15) is 19.3 Å². The van der Waals surface area contributed by atoms with Gasteiger partial charge in [-0.3, -0.25) is 10.1 Å². The fourth-order valence-electron chi connectivity index (χ4n) is 4.21. The van der Waals surface area contributed by atoms with Gasteiger partial charge in [0.25, 0.3) is 5.69 Å². The van der Waals surface area contributed by atoms with Gasteiger partial charge in [0.05, 0.1) is 22.4 Å². The molecule has 5 rings (SSSR count). The van der Waals surface area contributed by atoms with E-state index in [1.165, 1.54) is 6.07 Å². The number of fused-ring (bicyclic) bond motifs is 1. The van der Waals surface area contributed by atoms with Crippen molar-refractivity contribution in [2.45, 2.75) is 25.5 Å². The zero-order valence-corrected chi connectivity index (χ0v) is 18.6. The summed E-state index contributed by atoms with van der Waals surface area (Å²) in [7, 11) is 1.98. The summed E-state index contributed by atoms with van der Waals surface area (Å²) in [6, 6.07) is 12.5. The van der Waals surface area contributed by atoms with E-state index in [-0.39, 0.29) is 35.0 Å². The third kappa shape index (κ3) is 4.23. The Hall–Kier alpha value is -4.18. The van der Waals surface area contributed by atoms with Crippen molar-refractivity contribution in [2.75, 3.05) is 17.2 Å². The molecule has 10 heteroatoms. The maximum Gasteiger partial charge on any atom is 0.296 e. The van der Waals surface area contributed by atoms with Gasteiger partial charge in [-0.25, -0.2) is 9.97 Å². The number of hydrogen-bond donors (Lipinski definition) is 3. The Bertz CT molecular complexity index is 1360. The number of aromatic hydroxyl groups is 1. The molecule has 1 saturated heterocycles. The van der Waals surface area contributed by atoms with Crippen LogP contribution in [0.2, 0.25) is 0 Å². The van der Waals surface area contributed by atoms with Crippen molar-refractivity contribution < 1.29 is 14.8 Å². The number of phenolic OH excluding ortho intramolecular Hbond substituents is 1. The van der Waals surface area contributed by atoms with Crippen LogP contribution in [-0.4, -0.2) is 37.4 Å². The molecule has 1 aliphatic rings. The highest BCUT2D eigenvalue weighted by atomic mass is 16.6. The Morgan fingerprint density at radius 1 is 1.21 bits per heavy atom. The highest BCUT2D eigenvalue weighted by Crippen LogP contribution is 2.38. The van der Waals surface area contributed by atoms with Crippen LogP contribution in [0.15, 0.2) is 54.9 Å². The van der Waals surface area contributed by atoms with Crippen LogP contribution in [0.5, 0.6) is 5.75 Å². The highest BCUT2D eigenvalue weighted by molar-refractivity contribution is 5.95. The number of anilines is 3. The van der Waals surface area contributed by atoms with Crippen LogP contribution >= 0.6 is 0 Å². The van der Waals surface area contributed by atoms with Gasteiger partial charge < -0.3 is 25.0 Å². The van der Waals surface area contributed by atoms with E-state index in [1.54, 1.807) is 6.20 Å². The van der Waals surface area contributed by atoms with Crippen molar-refractivity contribution in [2.24, 2.45) is 7.05 Å². The summed E-state index contributed by atoms with van der Waals surface area (Å²) in [5.41, 5.74) is 3.02. The predicted molar refractivity (Wildman–Crippen MR) is 129 cm³/mol. The van der Waals surface area contributed by atoms with Gasteiger partial charge in [-0.05, 0) is 37.5 Å². The van der Waals surface area contributed by atoms with Gasteiger partial charge in [0.2, 0.25) is 5.95 Å². The number of nitro benzene ring substituents is 1. The molecule has 0 radical (unpaired) electrons. The van der Waals surface area contributed by atoms with Crippen molar-refractivity contribution in [1.82, 2.24) is 14.5 Å². The molecule has 1 aliphatic heterocycles. The second-order valence-corrected chi connectivity index (χ2v) is 8.20. The molecule has 1 fully saturated rings. The molecule has 1 unspecified atom stereocenters. The molecule has 2 aromatic heterocycles. The first-order valence-corrected chi connectivity index (χ1v) is 11.0. The lowest BCUT2D eigenvalue weighted by atomic mass is 10.1. The molecule has 0 saturated carbocycles. The lowest BCUT2D eigenvalue weighted by Gasteiger charge is -2.24. The second kappa shape index (κ2) is 8.99. The number of aryl methyl sites for hydroxylation is 1. The second-order valence-electron chi connectivity index (χ2n) is 8.20. The number of hydrogen-bond acceptors (Lipinski definition) is 8. The Morgan fingerprint density at radius 2 is 2.06 bits per heavy atom. The molecule has 3 heterocycles. The van der Waals surface area contributed by atoms with Gasteiger partial charge in [0.15, 0.2) is 0 Å². The molecule has 10 nitrogen and oxygen atoms in total. The van der Waals surface area contributed by atoms with Crippen molar-refractivity contribution in [3.8, 4) is 17.0 Å². The van der Waals surface area contributed by atoms with E-state index in [0.717, 1.165) is 41.8 Å². The minimum Gasteiger partial charge on any atom is -0.506 e. The quantitative estimate of drug-likeness (QED) is 0.160. The number of nitro groups is 1. The summed E-state index contributed by atoms with van der Waals surface area (Å²) >= 11 is 0. The molecule has 0 spiro atoms. The Morgan fingerprint density at radius 3 is 2.85 bits per heavy atom. The standard InChI is InChI=1S/C24H24N6O4/c1-29-14-16(15-6-2-3-7-20(15)29)17-9-10-25-24(27-17)28-19-12-18(21(30(32)33)13-22(19)31)26-23-8-4-5-11-34-23/h2-3,6-7,9-10,12-14,23,26,31H,4-5,8,11H2,1H3,(H,25,27,28). The molecule has 2 aromatic carbocycles. The number of ether oxygens (including phenoxy) is 1. The topological polar surface area (TPSA) is 127 Å². The van der Waals surface area contributed by atoms with Gasteiger partial charge in [-0.15, -0.1) is 0 Å². The third-order valence-corrected chi connectivity index (χ3v) is 5.88. The van der Waals surface area contributed by atoms with Crippen molar-refractivity contribution in [1.29, 1.82) is 0 Å². The highest BCUT2D eigenvalue weighted by Gasteiger charge is 2.23. The molecule has 0 aliphatic carbocycles. The van der Waals surface area contributed by atoms with E-state index in [9.17, 15) is 15.2 Å². The largest absolute Gasteiger partial charge is 0.506 e. The van der Waals surface area contributed by atoms with Crippen molar-refractivity contribution in [3.63, 3.8) is 0 Å². The molecule has 0 bridgehead atoms. The zero-order chi connectivity index (χ0) is 23.7. The molecule has 4 aromatic rings. The van der Waals surface area contributed by atoms with E-state index in [1.807, 2.05) is 48.1 Å². The van der Waals surface area contributed by atoms with Crippen LogP contribution in [-0.2, 0) is 11.8 Å². The number of nitrogens with zero attached hydrogens (tertiary/aromatic N) is 4. The summed E-state index contributed by atoms with van der Waals surface area (Å²) in [6.07, 6.45) is 6.00. The van der Waals surface area contributed by atoms with Crippen LogP contribution in [0, 0.1) is 10.1 Å². The van der Waals surface area contributed by atoms with Crippen molar-refractivity contribution in [3.05, 3.63) is 65.0 Å². The first-order valence-electron chi connectivity index (χ1n) is 11.0. The molecule has 1 atom stereocenters. The number of phenols is 1. The minimum atomic E-state index is -0.535. The predicted octanol–water partition coefficient (Wildman–Crippen LogP) is 4.93. The van der Waals surface area contributed by atoms with Crippen LogP contribution < -0.4 is 10.6 Å². The van der Waals surface area contributed by atoms with Gasteiger partial charge >= 0.3 is 0 Å². The van der Waals surface area contributed by atoms with E-state index in [4.69, 9.17) is 4.74 Å². The average molecular weight is 460 g/mol. The first kappa shape index (κ1) is 21.7. The van der Waals surface area contributed by atoms with Gasteiger partial charge in [-0.1, -0.05) is 18.2 Å². The molecule has 174 valence electrons. The zero-order valence-electron chi connectivity index (χ0n) is 18.6. The van der Waals surface area contributed by atoms with Crippen LogP contribution in [0.4, 0.5) is 23.0 Å². The average Bonchev–Trinajstić information content (AvgIpc) is 3.18. The molecule has 3 N–H and O–H groups in total. The SMILES string of the molecule is Cn1cc(-c2ccnc(Nc3cc(NC4CCCCO4)c([N+](=O)[O-])cc3O)n2)c2ccccc21. The number of nitrogens with one attached hydrogen (secondary N) is 2. The Balaban J connectivity index is 1.47. The summed E-state index contributed by atoms with van der Waals surface area (Å²) in [5.74, 6) is -0.0181. The van der Waals surface area contributed by atoms with Crippen LogP contribution in [0.25, 0.3) is 22.2 Å². The number of para-hydroxylation sites is 1. The van der Waals surface area contributed by atoms with Crippen molar-refractivity contribution >= 4 is 33.9 Å². The molecule has 0 amide bonds. The van der Waals surface area contributed by atoms with E-state index in [2.05, 4.69) is 20.6 Å². The number of rotatable bonds is 6. The Labute approximate surface area is 195 Å². The normalized spacial score (nSPS) is 15.9. The van der Waals surface area contributed by atoms with Gasteiger partial charge in [0, 0.05) is 42.5 Å². The lowest BCUT2D eigenvalue weighted by molar-refractivity contribution is -0.384. The summed E-state index contributed by atoms with van der Waals surface area (Å²) in [5, 5.41) is 29.2. The number of benzene rings is 2. The van der Waals surface area contributed by atoms with Gasteiger partial charge in [-0.2, -0.15) is 0 Å². The van der Waals surface area contributed by atoms with Gasteiger partial charge in [0.1, 0.15) is 17.7 Å². The summed E-state index contributed by atoms with van der Waals surface area (Å²) < 4.78 is 7.70. The number of aromatic nitrogens is 3. The molecule has 34 heavy (non-hydrogen) atoms. The van der Waals surface area contributed by atoms with E-state index in [0.29, 0.717) is 12.3 Å². The summed E-state index contributed by atoms with van der Waals surface area (Å²) in [6.45, 7) is 0.601. The lowest BCUT2D eigenvalue weighted by Crippen LogP contribution is -2.27. The maximum absolute atomic E-state index is 11.6. The minimum absolute atomic E-state index is 0.234. The third-order valence-electron chi connectivity index (χ3n) is 5.88. The monoisotopic (exact) mass is 460 g/mol. The first-order chi connectivity index (χ1) is 16.5.